The van der Waals surface area contributed by atoms with Crippen LogP contribution in [0.2, 0.25) is 0 Å². The molecule has 10 heteroatoms. The number of carbonyl (C=O) groups is 3. The third-order valence-electron chi connectivity index (χ3n) is 4.13. The number of hydrogen-bond donors (Lipinski definition) is 3. The van der Waals surface area contributed by atoms with Crippen LogP contribution in [0.15, 0.2) is 18.2 Å². The van der Waals surface area contributed by atoms with Crippen molar-refractivity contribution in [1.82, 2.24) is 10.2 Å². The summed E-state index contributed by atoms with van der Waals surface area (Å²) < 4.78 is 10.4. The summed E-state index contributed by atoms with van der Waals surface area (Å²) in [5.41, 5.74) is 0.455. The second-order valence-corrected chi connectivity index (χ2v) is 5.89. The first-order valence-corrected chi connectivity index (χ1v) is 8.00. The van der Waals surface area contributed by atoms with Crippen LogP contribution >= 0.6 is 12.4 Å². The Morgan fingerprint density at radius 3 is 2.73 bits per heavy atom. The zero-order valence-electron chi connectivity index (χ0n) is 13.9. The van der Waals surface area contributed by atoms with Crippen molar-refractivity contribution >= 4 is 36.0 Å². The number of halogens is 1. The lowest BCUT2D eigenvalue weighted by atomic mass is 10.0. The second-order valence-electron chi connectivity index (χ2n) is 5.89. The number of benzene rings is 1. The van der Waals surface area contributed by atoms with Crippen LogP contribution in [-0.2, 0) is 9.59 Å². The summed E-state index contributed by atoms with van der Waals surface area (Å²) in [6.07, 6.45) is 2.16. The molecule has 3 amide bonds. The Labute approximate surface area is 156 Å². The number of carboxylic acid groups (broad SMARTS) is 1. The van der Waals surface area contributed by atoms with Gasteiger partial charge >= 0.3 is 12.0 Å². The normalized spacial score (nSPS) is 18.5. The SMILES string of the molecule is Cl.O=C(CN1CCCCC1C(=O)O)NC(=O)Nc1ccc2c(c1)OCO2. The van der Waals surface area contributed by atoms with Crippen molar-refractivity contribution in [3.05, 3.63) is 18.2 Å². The molecule has 26 heavy (non-hydrogen) atoms. The van der Waals surface area contributed by atoms with Crippen molar-refractivity contribution in [2.45, 2.75) is 25.3 Å². The van der Waals surface area contributed by atoms with E-state index in [9.17, 15) is 19.5 Å². The molecule has 2 heterocycles. The average Bonchev–Trinajstić information content (AvgIpc) is 3.02. The number of ether oxygens (including phenoxy) is 2. The van der Waals surface area contributed by atoms with Crippen LogP contribution in [0.5, 0.6) is 11.5 Å². The lowest BCUT2D eigenvalue weighted by molar-refractivity contribution is -0.145. The number of aliphatic carboxylic acids is 1. The van der Waals surface area contributed by atoms with E-state index in [2.05, 4.69) is 10.6 Å². The molecule has 9 nitrogen and oxygen atoms in total. The van der Waals surface area contributed by atoms with Crippen molar-refractivity contribution in [1.29, 1.82) is 0 Å². The lowest BCUT2D eigenvalue weighted by Crippen LogP contribution is -2.50. The highest BCUT2D eigenvalue weighted by Gasteiger charge is 2.30. The first-order valence-electron chi connectivity index (χ1n) is 8.00. The predicted molar refractivity (Wildman–Crippen MR) is 93.8 cm³/mol. The minimum absolute atomic E-state index is 0. The molecule has 0 bridgehead atoms. The van der Waals surface area contributed by atoms with Crippen molar-refractivity contribution < 1.29 is 29.0 Å². The molecule has 0 radical (unpaired) electrons. The number of urea groups is 1. The summed E-state index contributed by atoms with van der Waals surface area (Å²) in [6, 6.07) is 3.51. The third-order valence-corrected chi connectivity index (χ3v) is 4.13. The molecule has 0 saturated carbocycles. The molecular weight excluding hydrogens is 366 g/mol. The molecule has 0 aliphatic carbocycles. The molecule has 1 aromatic carbocycles. The van der Waals surface area contributed by atoms with Crippen LogP contribution in [0.25, 0.3) is 0 Å². The molecule has 3 rings (SSSR count). The van der Waals surface area contributed by atoms with Gasteiger partial charge in [-0.05, 0) is 31.5 Å². The van der Waals surface area contributed by atoms with Gasteiger partial charge in [-0.25, -0.2) is 4.79 Å². The smallest absolute Gasteiger partial charge is 0.325 e. The van der Waals surface area contributed by atoms with Gasteiger partial charge in [0.2, 0.25) is 12.7 Å². The first-order chi connectivity index (χ1) is 12.0. The maximum Gasteiger partial charge on any atom is 0.325 e. The van der Waals surface area contributed by atoms with E-state index in [-0.39, 0.29) is 25.7 Å². The molecule has 2 aliphatic heterocycles. The largest absolute Gasteiger partial charge is 0.480 e. The van der Waals surface area contributed by atoms with E-state index in [0.717, 1.165) is 12.8 Å². The van der Waals surface area contributed by atoms with Gasteiger partial charge in [0.25, 0.3) is 0 Å². The van der Waals surface area contributed by atoms with Crippen LogP contribution < -0.4 is 20.1 Å². The van der Waals surface area contributed by atoms with Gasteiger partial charge in [0, 0.05) is 11.8 Å². The molecule has 1 atom stereocenters. The highest BCUT2D eigenvalue weighted by Crippen LogP contribution is 2.34. The van der Waals surface area contributed by atoms with Gasteiger partial charge < -0.3 is 19.9 Å². The van der Waals surface area contributed by atoms with E-state index in [1.165, 1.54) is 0 Å². The van der Waals surface area contributed by atoms with E-state index >= 15 is 0 Å². The Morgan fingerprint density at radius 1 is 1.19 bits per heavy atom. The van der Waals surface area contributed by atoms with Crippen LogP contribution in [0, 0.1) is 0 Å². The van der Waals surface area contributed by atoms with Gasteiger partial charge in [0.05, 0.1) is 6.54 Å². The molecule has 2 aliphatic rings. The quantitative estimate of drug-likeness (QED) is 0.717. The third kappa shape index (κ3) is 4.77. The number of fused-ring (bicyclic) bond motifs is 1. The number of nitrogens with one attached hydrogen (secondary N) is 2. The lowest BCUT2D eigenvalue weighted by Gasteiger charge is -2.31. The molecule has 0 spiro atoms. The van der Waals surface area contributed by atoms with Crippen molar-refractivity contribution in [3.63, 3.8) is 0 Å². The topological polar surface area (TPSA) is 117 Å². The van der Waals surface area contributed by atoms with Gasteiger partial charge in [-0.15, -0.1) is 12.4 Å². The van der Waals surface area contributed by atoms with E-state index in [0.29, 0.717) is 30.2 Å². The highest BCUT2D eigenvalue weighted by atomic mass is 35.5. The number of carbonyl (C=O) groups excluding carboxylic acids is 2. The van der Waals surface area contributed by atoms with Crippen molar-refractivity contribution in [2.75, 3.05) is 25.2 Å². The van der Waals surface area contributed by atoms with Gasteiger partial charge in [0.15, 0.2) is 11.5 Å². The molecule has 142 valence electrons. The number of piperidine rings is 1. The maximum absolute atomic E-state index is 12.0. The Morgan fingerprint density at radius 2 is 1.96 bits per heavy atom. The monoisotopic (exact) mass is 385 g/mol. The highest BCUT2D eigenvalue weighted by molar-refractivity contribution is 6.02. The van der Waals surface area contributed by atoms with Crippen LogP contribution in [-0.4, -0.2) is 53.8 Å². The van der Waals surface area contributed by atoms with E-state index in [1.54, 1.807) is 23.1 Å². The van der Waals surface area contributed by atoms with E-state index in [1.807, 2.05) is 0 Å². The minimum atomic E-state index is -0.947. The van der Waals surface area contributed by atoms with Gasteiger partial charge in [-0.3, -0.25) is 19.8 Å². The first kappa shape index (κ1) is 19.8. The zero-order chi connectivity index (χ0) is 17.8. The fourth-order valence-corrected chi connectivity index (χ4v) is 2.95. The number of anilines is 1. The number of nitrogens with zero attached hydrogens (tertiary/aromatic N) is 1. The minimum Gasteiger partial charge on any atom is -0.480 e. The number of imide groups is 1. The maximum atomic E-state index is 12.0. The number of hydrogen-bond acceptors (Lipinski definition) is 6. The molecule has 1 unspecified atom stereocenters. The molecule has 1 aromatic rings. The molecular formula is C16H20ClN3O6. The Hall–Kier alpha value is -2.52. The fraction of sp³-hybridized carbons (Fsp3) is 0.438. The fourth-order valence-electron chi connectivity index (χ4n) is 2.95. The predicted octanol–water partition coefficient (Wildman–Crippen LogP) is 1.42. The van der Waals surface area contributed by atoms with Gasteiger partial charge in [0.1, 0.15) is 6.04 Å². The second kappa shape index (κ2) is 8.72. The van der Waals surface area contributed by atoms with Crippen molar-refractivity contribution in [3.8, 4) is 11.5 Å². The number of carboxylic acids is 1. The number of likely N-dealkylation sites (tertiary alicyclic amines) is 1. The van der Waals surface area contributed by atoms with Crippen molar-refractivity contribution in [2.24, 2.45) is 0 Å². The Balaban J connectivity index is 0.00000243. The Kier molecular flexibility index (Phi) is 6.64. The summed E-state index contributed by atoms with van der Waals surface area (Å²) in [5.74, 6) is -0.391. The van der Waals surface area contributed by atoms with Crippen LogP contribution in [0.1, 0.15) is 19.3 Å². The van der Waals surface area contributed by atoms with Crippen LogP contribution in [0.4, 0.5) is 10.5 Å². The standard InChI is InChI=1S/C16H19N3O6.ClH/c20-14(8-19-6-2-1-3-11(19)15(21)22)18-16(23)17-10-4-5-12-13(7-10)25-9-24-12;/h4-5,7,11H,1-3,6,8-9H2,(H,21,22)(H2,17,18,20,23);1H. The Bertz CT molecular complexity index is 699. The van der Waals surface area contributed by atoms with E-state index in [4.69, 9.17) is 9.47 Å². The summed E-state index contributed by atoms with van der Waals surface area (Å²) in [6.45, 7) is 0.518. The van der Waals surface area contributed by atoms with Gasteiger partial charge in [-0.2, -0.15) is 0 Å². The number of rotatable bonds is 4. The average molecular weight is 386 g/mol. The molecule has 1 fully saturated rings. The zero-order valence-corrected chi connectivity index (χ0v) is 14.7. The summed E-state index contributed by atoms with van der Waals surface area (Å²) in [4.78, 5) is 36.8. The van der Waals surface area contributed by atoms with E-state index < -0.39 is 23.9 Å². The number of amides is 3. The molecule has 1 saturated heterocycles. The van der Waals surface area contributed by atoms with Crippen LogP contribution in [0.3, 0.4) is 0 Å². The summed E-state index contributed by atoms with van der Waals surface area (Å²) >= 11 is 0. The molecule has 3 N–H and O–H groups in total. The summed E-state index contributed by atoms with van der Waals surface area (Å²) in [7, 11) is 0. The summed E-state index contributed by atoms with van der Waals surface area (Å²) in [5, 5.41) is 13.9. The van der Waals surface area contributed by atoms with Gasteiger partial charge in [-0.1, -0.05) is 6.42 Å². The molecule has 0 aromatic heterocycles.